The zero-order valence-electron chi connectivity index (χ0n) is 10.8. The third kappa shape index (κ3) is 2.96. The van der Waals surface area contributed by atoms with Crippen LogP contribution in [0.15, 0.2) is 24.3 Å². The fourth-order valence-corrected chi connectivity index (χ4v) is 3.22. The molecule has 0 aliphatic carbocycles. The maximum atomic E-state index is 6.14. The topological polar surface area (TPSA) is 15.3 Å². The second-order valence-electron chi connectivity index (χ2n) is 4.95. The third-order valence-electron chi connectivity index (χ3n) is 3.54. The number of benzene rings is 1. The van der Waals surface area contributed by atoms with E-state index in [0.717, 1.165) is 10.8 Å². The molecule has 1 aromatic carbocycles. The molecule has 1 fully saturated rings. The van der Waals surface area contributed by atoms with Gasteiger partial charge in [-0.1, -0.05) is 23.7 Å². The van der Waals surface area contributed by atoms with E-state index in [9.17, 15) is 0 Å². The van der Waals surface area contributed by atoms with E-state index in [2.05, 4.69) is 24.1 Å². The van der Waals surface area contributed by atoms with Gasteiger partial charge in [0.1, 0.15) is 0 Å². The van der Waals surface area contributed by atoms with Crippen molar-refractivity contribution in [2.75, 3.05) is 5.32 Å². The van der Waals surface area contributed by atoms with Crippen LogP contribution >= 0.6 is 23.8 Å². The Balaban J connectivity index is 2.09. The van der Waals surface area contributed by atoms with E-state index in [-0.39, 0.29) is 0 Å². The summed E-state index contributed by atoms with van der Waals surface area (Å²) < 4.78 is 0. The van der Waals surface area contributed by atoms with Gasteiger partial charge in [0.15, 0.2) is 5.11 Å². The average Bonchev–Trinajstić information content (AvgIpc) is 2.32. The van der Waals surface area contributed by atoms with Crippen molar-refractivity contribution in [3.8, 4) is 0 Å². The smallest absolute Gasteiger partial charge is 0.173 e. The number of para-hydroxylation sites is 1. The van der Waals surface area contributed by atoms with E-state index in [1.807, 2.05) is 24.3 Å². The highest BCUT2D eigenvalue weighted by molar-refractivity contribution is 7.80. The summed E-state index contributed by atoms with van der Waals surface area (Å²) in [5.41, 5.74) is 0.883. The minimum atomic E-state index is 0.497. The molecule has 0 radical (unpaired) electrons. The van der Waals surface area contributed by atoms with Crippen LogP contribution in [0.1, 0.15) is 33.1 Å². The number of piperidine rings is 1. The van der Waals surface area contributed by atoms with E-state index in [1.54, 1.807) is 0 Å². The lowest BCUT2D eigenvalue weighted by Crippen LogP contribution is -2.49. The van der Waals surface area contributed by atoms with Gasteiger partial charge in [0.05, 0.1) is 10.7 Å². The molecule has 2 atom stereocenters. The van der Waals surface area contributed by atoms with Crippen LogP contribution in [0.25, 0.3) is 0 Å². The van der Waals surface area contributed by atoms with Crippen molar-refractivity contribution in [3.63, 3.8) is 0 Å². The number of hydrogen-bond donors (Lipinski definition) is 1. The van der Waals surface area contributed by atoms with Crippen LogP contribution in [0.2, 0.25) is 5.02 Å². The molecule has 2 unspecified atom stereocenters. The van der Waals surface area contributed by atoms with Crippen molar-refractivity contribution in [1.82, 2.24) is 4.90 Å². The highest BCUT2D eigenvalue weighted by Crippen LogP contribution is 2.25. The van der Waals surface area contributed by atoms with Crippen LogP contribution < -0.4 is 5.32 Å². The van der Waals surface area contributed by atoms with Gasteiger partial charge < -0.3 is 10.2 Å². The highest BCUT2D eigenvalue weighted by Gasteiger charge is 2.26. The van der Waals surface area contributed by atoms with E-state index in [0.29, 0.717) is 17.1 Å². The summed E-state index contributed by atoms with van der Waals surface area (Å²) >= 11 is 11.7. The van der Waals surface area contributed by atoms with Crippen molar-refractivity contribution in [2.24, 2.45) is 0 Å². The van der Waals surface area contributed by atoms with Crippen molar-refractivity contribution < 1.29 is 0 Å². The zero-order valence-corrected chi connectivity index (χ0v) is 12.4. The van der Waals surface area contributed by atoms with Gasteiger partial charge in [-0.2, -0.15) is 0 Å². The van der Waals surface area contributed by atoms with Gasteiger partial charge in [0.25, 0.3) is 0 Å². The molecule has 1 N–H and O–H groups in total. The summed E-state index contributed by atoms with van der Waals surface area (Å²) in [5, 5.41) is 4.75. The lowest BCUT2D eigenvalue weighted by molar-refractivity contribution is 0.194. The van der Waals surface area contributed by atoms with Crippen molar-refractivity contribution in [2.45, 2.75) is 45.2 Å². The van der Waals surface area contributed by atoms with Crippen molar-refractivity contribution >= 4 is 34.6 Å². The fourth-order valence-electron chi connectivity index (χ4n) is 2.56. The Hall–Kier alpha value is -0.800. The number of halogens is 1. The Morgan fingerprint density at radius 3 is 2.50 bits per heavy atom. The van der Waals surface area contributed by atoms with Crippen LogP contribution in [-0.4, -0.2) is 22.1 Å². The molecule has 1 aliphatic heterocycles. The summed E-state index contributed by atoms with van der Waals surface area (Å²) in [6.45, 7) is 4.46. The number of thiocarbonyl (C=S) groups is 1. The van der Waals surface area contributed by atoms with Gasteiger partial charge in [-0.15, -0.1) is 0 Å². The molecule has 0 amide bonds. The van der Waals surface area contributed by atoms with Gasteiger partial charge in [-0.3, -0.25) is 0 Å². The number of likely N-dealkylation sites (tertiary alicyclic amines) is 1. The molecule has 1 saturated heterocycles. The second kappa shape index (κ2) is 5.89. The Morgan fingerprint density at radius 1 is 1.28 bits per heavy atom. The summed E-state index contributed by atoms with van der Waals surface area (Å²) in [5.74, 6) is 0. The number of hydrogen-bond acceptors (Lipinski definition) is 1. The Labute approximate surface area is 119 Å². The van der Waals surface area contributed by atoms with E-state index in [1.165, 1.54) is 19.3 Å². The third-order valence-corrected chi connectivity index (χ3v) is 4.19. The first kappa shape index (κ1) is 13.6. The normalized spacial score (nSPS) is 23.8. The zero-order chi connectivity index (χ0) is 13.1. The summed E-state index contributed by atoms with van der Waals surface area (Å²) in [7, 11) is 0. The van der Waals surface area contributed by atoms with Crippen LogP contribution in [0, 0.1) is 0 Å². The van der Waals surface area contributed by atoms with E-state index < -0.39 is 0 Å². The molecule has 2 rings (SSSR count). The number of anilines is 1. The largest absolute Gasteiger partial charge is 0.344 e. The molecule has 2 nitrogen and oxygen atoms in total. The second-order valence-corrected chi connectivity index (χ2v) is 5.74. The SMILES string of the molecule is CC1CCCC(C)N1C(=S)Nc1ccccc1Cl. The molecule has 98 valence electrons. The van der Waals surface area contributed by atoms with Crippen LogP contribution in [0.5, 0.6) is 0 Å². The first-order valence-electron chi connectivity index (χ1n) is 6.43. The number of nitrogens with zero attached hydrogens (tertiary/aromatic N) is 1. The molecule has 18 heavy (non-hydrogen) atoms. The Bertz CT molecular complexity index is 426. The quantitative estimate of drug-likeness (QED) is 0.773. The van der Waals surface area contributed by atoms with Gasteiger partial charge in [0.2, 0.25) is 0 Å². The number of rotatable bonds is 1. The first-order valence-corrected chi connectivity index (χ1v) is 7.22. The molecule has 1 aliphatic rings. The molecular weight excluding hydrogens is 264 g/mol. The molecule has 1 aromatic rings. The van der Waals surface area contributed by atoms with E-state index in [4.69, 9.17) is 23.8 Å². The predicted octanol–water partition coefficient (Wildman–Crippen LogP) is 4.30. The van der Waals surface area contributed by atoms with Crippen molar-refractivity contribution in [3.05, 3.63) is 29.3 Å². The van der Waals surface area contributed by atoms with Gasteiger partial charge in [-0.25, -0.2) is 0 Å². The lowest BCUT2D eigenvalue weighted by atomic mass is 9.98. The summed E-state index contributed by atoms with van der Waals surface area (Å²) in [6.07, 6.45) is 3.69. The molecular formula is C14H19ClN2S. The molecule has 0 bridgehead atoms. The maximum Gasteiger partial charge on any atom is 0.173 e. The predicted molar refractivity (Wildman–Crippen MR) is 82.3 cm³/mol. The molecule has 0 aromatic heterocycles. The summed E-state index contributed by atoms with van der Waals surface area (Å²) in [6, 6.07) is 8.69. The molecule has 1 heterocycles. The van der Waals surface area contributed by atoms with Gasteiger partial charge in [0, 0.05) is 12.1 Å². The monoisotopic (exact) mass is 282 g/mol. The lowest BCUT2D eigenvalue weighted by Gasteiger charge is -2.41. The standard InChI is InChI=1S/C14H19ClN2S/c1-10-6-5-7-11(2)17(10)14(18)16-13-9-4-3-8-12(13)15/h3-4,8-11H,5-7H2,1-2H3,(H,16,18). The number of nitrogens with one attached hydrogen (secondary N) is 1. The molecule has 4 heteroatoms. The highest BCUT2D eigenvalue weighted by atomic mass is 35.5. The fraction of sp³-hybridized carbons (Fsp3) is 0.500. The first-order chi connectivity index (χ1) is 8.59. The van der Waals surface area contributed by atoms with E-state index >= 15 is 0 Å². The Morgan fingerprint density at radius 2 is 1.89 bits per heavy atom. The van der Waals surface area contributed by atoms with Crippen LogP contribution in [0.4, 0.5) is 5.69 Å². The van der Waals surface area contributed by atoms with Crippen LogP contribution in [0.3, 0.4) is 0 Å². The maximum absolute atomic E-state index is 6.14. The molecule has 0 spiro atoms. The van der Waals surface area contributed by atoms with Crippen molar-refractivity contribution in [1.29, 1.82) is 0 Å². The van der Waals surface area contributed by atoms with Gasteiger partial charge >= 0.3 is 0 Å². The van der Waals surface area contributed by atoms with Crippen LogP contribution in [-0.2, 0) is 0 Å². The summed E-state index contributed by atoms with van der Waals surface area (Å²) in [4.78, 5) is 2.29. The minimum Gasteiger partial charge on any atom is -0.344 e. The minimum absolute atomic E-state index is 0.497. The van der Waals surface area contributed by atoms with Gasteiger partial charge in [-0.05, 0) is 57.5 Å². The Kier molecular flexibility index (Phi) is 4.46. The average molecular weight is 283 g/mol. The molecule has 0 saturated carbocycles.